The van der Waals surface area contributed by atoms with Gasteiger partial charge in [0.1, 0.15) is 6.61 Å². The summed E-state index contributed by atoms with van der Waals surface area (Å²) >= 11 is 3.49. The number of rotatable bonds is 4. The van der Waals surface area contributed by atoms with E-state index in [1.165, 1.54) is 0 Å². The topological polar surface area (TPSA) is 55.6 Å². The minimum Gasteiger partial charge on any atom is -0.377 e. The van der Waals surface area contributed by atoms with E-state index in [1.54, 1.807) is 13.2 Å². The third-order valence-corrected chi connectivity index (χ3v) is 4.10. The fourth-order valence-electron chi connectivity index (χ4n) is 2.08. The Kier molecular flexibility index (Phi) is 4.77. The SMILES string of the molecule is COCc1cc(C(=O)N2CCC(CBr)CC2)no1. The lowest BCUT2D eigenvalue weighted by Crippen LogP contribution is -2.38. The number of halogens is 1. The van der Waals surface area contributed by atoms with Crippen LogP contribution in [0.15, 0.2) is 10.6 Å². The van der Waals surface area contributed by atoms with E-state index < -0.39 is 0 Å². The Hall–Kier alpha value is -0.880. The number of hydrogen-bond acceptors (Lipinski definition) is 4. The van der Waals surface area contributed by atoms with Crippen LogP contribution in [0.2, 0.25) is 0 Å². The van der Waals surface area contributed by atoms with Crippen LogP contribution in [0, 0.1) is 5.92 Å². The molecule has 0 unspecified atom stereocenters. The maximum Gasteiger partial charge on any atom is 0.276 e. The second kappa shape index (κ2) is 6.33. The minimum atomic E-state index is -0.0471. The number of hydrogen-bond donors (Lipinski definition) is 0. The maximum absolute atomic E-state index is 12.2. The summed E-state index contributed by atoms with van der Waals surface area (Å²) in [6.07, 6.45) is 2.08. The van der Waals surface area contributed by atoms with Crippen LogP contribution >= 0.6 is 15.9 Å². The lowest BCUT2D eigenvalue weighted by Gasteiger charge is -2.30. The van der Waals surface area contributed by atoms with E-state index in [2.05, 4.69) is 21.1 Å². The Labute approximate surface area is 115 Å². The van der Waals surface area contributed by atoms with Crippen LogP contribution in [-0.4, -0.2) is 41.5 Å². The van der Waals surface area contributed by atoms with Gasteiger partial charge in [0.05, 0.1) is 0 Å². The number of carbonyl (C=O) groups is 1. The molecule has 1 aromatic rings. The molecule has 1 aliphatic rings. The molecular weight excluding hydrogens is 300 g/mol. The summed E-state index contributed by atoms with van der Waals surface area (Å²) in [5.41, 5.74) is 0.374. The van der Waals surface area contributed by atoms with Crippen LogP contribution in [0.4, 0.5) is 0 Å². The van der Waals surface area contributed by atoms with Crippen molar-refractivity contribution in [1.82, 2.24) is 10.1 Å². The van der Waals surface area contributed by atoms with Crippen LogP contribution in [-0.2, 0) is 11.3 Å². The summed E-state index contributed by atoms with van der Waals surface area (Å²) in [5, 5.41) is 4.80. The van der Waals surface area contributed by atoms with Crippen molar-refractivity contribution >= 4 is 21.8 Å². The Morgan fingerprint density at radius 2 is 2.33 bits per heavy atom. The summed E-state index contributed by atoms with van der Waals surface area (Å²) in [7, 11) is 1.58. The monoisotopic (exact) mass is 316 g/mol. The van der Waals surface area contributed by atoms with Gasteiger partial charge < -0.3 is 14.2 Å². The summed E-state index contributed by atoms with van der Waals surface area (Å²) in [5.74, 6) is 1.21. The molecule has 6 heteroatoms. The van der Waals surface area contributed by atoms with Crippen LogP contribution in [0.25, 0.3) is 0 Å². The maximum atomic E-state index is 12.2. The van der Waals surface area contributed by atoms with E-state index in [0.717, 1.165) is 31.3 Å². The van der Waals surface area contributed by atoms with Gasteiger partial charge in [-0.15, -0.1) is 0 Å². The van der Waals surface area contributed by atoms with E-state index in [4.69, 9.17) is 9.26 Å². The molecule has 0 aromatic carbocycles. The molecule has 1 amide bonds. The Morgan fingerprint density at radius 3 is 2.94 bits per heavy atom. The molecular formula is C12H17BrN2O3. The molecule has 100 valence electrons. The number of ether oxygens (including phenoxy) is 1. The van der Waals surface area contributed by atoms with Crippen molar-refractivity contribution in [2.45, 2.75) is 19.4 Å². The molecule has 0 spiro atoms. The quantitative estimate of drug-likeness (QED) is 0.798. The lowest BCUT2D eigenvalue weighted by atomic mass is 9.99. The average molecular weight is 317 g/mol. The molecule has 1 fully saturated rings. The summed E-state index contributed by atoms with van der Waals surface area (Å²) < 4.78 is 9.96. The van der Waals surface area contributed by atoms with Crippen molar-refractivity contribution in [2.24, 2.45) is 5.92 Å². The van der Waals surface area contributed by atoms with E-state index in [1.807, 2.05) is 4.90 Å². The first kappa shape index (κ1) is 13.5. The van der Waals surface area contributed by atoms with Gasteiger partial charge in [0.25, 0.3) is 5.91 Å². The molecule has 2 rings (SSSR count). The van der Waals surface area contributed by atoms with Gasteiger partial charge in [-0.2, -0.15) is 0 Å². The van der Waals surface area contributed by atoms with Gasteiger partial charge in [0.2, 0.25) is 0 Å². The summed E-state index contributed by atoms with van der Waals surface area (Å²) in [6.45, 7) is 1.93. The van der Waals surface area contributed by atoms with E-state index >= 15 is 0 Å². The Bertz CT molecular complexity index is 400. The number of alkyl halides is 1. The number of aromatic nitrogens is 1. The highest BCUT2D eigenvalue weighted by Crippen LogP contribution is 2.20. The van der Waals surface area contributed by atoms with Gasteiger partial charge in [0, 0.05) is 31.6 Å². The number of methoxy groups -OCH3 is 1. The van der Waals surface area contributed by atoms with Gasteiger partial charge in [0.15, 0.2) is 11.5 Å². The predicted molar refractivity (Wildman–Crippen MR) is 69.6 cm³/mol. The molecule has 0 N–H and O–H groups in total. The van der Waals surface area contributed by atoms with E-state index in [0.29, 0.717) is 24.0 Å². The van der Waals surface area contributed by atoms with Gasteiger partial charge in [-0.1, -0.05) is 21.1 Å². The molecule has 5 nitrogen and oxygen atoms in total. The zero-order valence-corrected chi connectivity index (χ0v) is 12.0. The van der Waals surface area contributed by atoms with Crippen molar-refractivity contribution < 1.29 is 14.1 Å². The first-order valence-electron chi connectivity index (χ1n) is 6.04. The van der Waals surface area contributed by atoms with Crippen molar-refractivity contribution in [3.63, 3.8) is 0 Å². The molecule has 2 heterocycles. The fourth-order valence-corrected chi connectivity index (χ4v) is 2.72. The lowest BCUT2D eigenvalue weighted by molar-refractivity contribution is 0.0688. The number of amides is 1. The highest BCUT2D eigenvalue weighted by Gasteiger charge is 2.25. The molecule has 0 aliphatic carbocycles. The Morgan fingerprint density at radius 1 is 1.61 bits per heavy atom. The first-order valence-corrected chi connectivity index (χ1v) is 7.16. The molecule has 1 saturated heterocycles. The number of likely N-dealkylation sites (tertiary alicyclic amines) is 1. The second-order valence-electron chi connectivity index (χ2n) is 4.50. The highest BCUT2D eigenvalue weighted by atomic mass is 79.9. The summed E-state index contributed by atoms with van der Waals surface area (Å²) in [4.78, 5) is 14.0. The standard InChI is InChI=1S/C12H17BrN2O3/c1-17-8-10-6-11(14-18-10)12(16)15-4-2-9(7-13)3-5-15/h6,9H,2-5,7-8H2,1H3. The first-order chi connectivity index (χ1) is 8.74. The zero-order chi connectivity index (χ0) is 13.0. The molecule has 0 bridgehead atoms. The molecule has 1 aliphatic heterocycles. The van der Waals surface area contributed by atoms with Gasteiger partial charge in [-0.3, -0.25) is 4.79 Å². The molecule has 0 radical (unpaired) electrons. The van der Waals surface area contributed by atoms with Crippen molar-refractivity contribution in [2.75, 3.05) is 25.5 Å². The molecule has 1 aromatic heterocycles. The molecule has 18 heavy (non-hydrogen) atoms. The van der Waals surface area contributed by atoms with Crippen molar-refractivity contribution in [1.29, 1.82) is 0 Å². The van der Waals surface area contributed by atoms with Gasteiger partial charge >= 0.3 is 0 Å². The van der Waals surface area contributed by atoms with E-state index in [-0.39, 0.29) is 5.91 Å². The minimum absolute atomic E-state index is 0.0471. The van der Waals surface area contributed by atoms with Crippen LogP contribution < -0.4 is 0 Å². The zero-order valence-electron chi connectivity index (χ0n) is 10.4. The predicted octanol–water partition coefficient (Wildman–Crippen LogP) is 2.07. The largest absolute Gasteiger partial charge is 0.377 e. The Balaban J connectivity index is 1.94. The highest BCUT2D eigenvalue weighted by molar-refractivity contribution is 9.09. The number of piperidine rings is 1. The molecule has 0 saturated carbocycles. The van der Waals surface area contributed by atoms with Crippen LogP contribution in [0.5, 0.6) is 0 Å². The smallest absolute Gasteiger partial charge is 0.276 e. The number of carbonyl (C=O) groups excluding carboxylic acids is 1. The fraction of sp³-hybridized carbons (Fsp3) is 0.667. The van der Waals surface area contributed by atoms with Crippen LogP contribution in [0.3, 0.4) is 0 Å². The number of nitrogens with zero attached hydrogens (tertiary/aromatic N) is 2. The summed E-state index contributed by atoms with van der Waals surface area (Å²) in [6, 6.07) is 1.66. The van der Waals surface area contributed by atoms with Crippen molar-refractivity contribution in [3.8, 4) is 0 Å². The van der Waals surface area contributed by atoms with Gasteiger partial charge in [-0.25, -0.2) is 0 Å². The average Bonchev–Trinajstić information content (AvgIpc) is 2.87. The van der Waals surface area contributed by atoms with Crippen LogP contribution in [0.1, 0.15) is 29.1 Å². The normalized spacial score (nSPS) is 17.1. The third kappa shape index (κ3) is 3.11. The second-order valence-corrected chi connectivity index (χ2v) is 5.15. The van der Waals surface area contributed by atoms with Gasteiger partial charge in [-0.05, 0) is 18.8 Å². The van der Waals surface area contributed by atoms with Crippen molar-refractivity contribution in [3.05, 3.63) is 17.5 Å². The third-order valence-electron chi connectivity index (χ3n) is 3.18. The molecule has 0 atom stereocenters. The van der Waals surface area contributed by atoms with E-state index in [9.17, 15) is 4.79 Å².